The van der Waals surface area contributed by atoms with Gasteiger partial charge in [0.05, 0.1) is 12.7 Å². The number of aliphatic hydroxyl groups is 1. The molecular weight excluding hydrogens is 194 g/mol. The van der Waals surface area contributed by atoms with Gasteiger partial charge in [0, 0.05) is 6.54 Å². The maximum atomic E-state index is 11.2. The van der Waals surface area contributed by atoms with Crippen molar-refractivity contribution in [1.29, 1.82) is 0 Å². The molecule has 88 valence electrons. The molecule has 2 atom stereocenters. The van der Waals surface area contributed by atoms with Crippen LogP contribution in [-0.2, 0) is 9.53 Å². The van der Waals surface area contributed by atoms with Crippen LogP contribution in [0.4, 0.5) is 0 Å². The Kier molecular flexibility index (Phi) is 5.65. The fourth-order valence-corrected chi connectivity index (χ4v) is 1.96. The first-order chi connectivity index (χ1) is 7.24. The molecule has 1 saturated carbocycles. The predicted octanol–water partition coefficient (Wildman–Crippen LogP) is 0.690. The van der Waals surface area contributed by atoms with Crippen LogP contribution in [0.2, 0.25) is 0 Å². The Bertz CT molecular complexity index is 196. The first kappa shape index (κ1) is 12.5. The van der Waals surface area contributed by atoms with E-state index < -0.39 is 0 Å². The van der Waals surface area contributed by atoms with Gasteiger partial charge >= 0.3 is 0 Å². The second-order valence-corrected chi connectivity index (χ2v) is 4.18. The molecule has 0 aliphatic heterocycles. The SMILES string of the molecule is CC1CCCCC1OCC(=O)NCCO. The number of aliphatic hydroxyl groups excluding tert-OH is 1. The molecule has 2 N–H and O–H groups in total. The van der Waals surface area contributed by atoms with Gasteiger partial charge in [-0.25, -0.2) is 0 Å². The minimum atomic E-state index is -0.137. The molecule has 1 aliphatic rings. The second kappa shape index (κ2) is 6.80. The third kappa shape index (κ3) is 4.62. The van der Waals surface area contributed by atoms with E-state index in [4.69, 9.17) is 9.84 Å². The van der Waals surface area contributed by atoms with Gasteiger partial charge in [-0.3, -0.25) is 4.79 Å². The summed E-state index contributed by atoms with van der Waals surface area (Å²) in [6.07, 6.45) is 4.97. The maximum absolute atomic E-state index is 11.2. The molecule has 0 radical (unpaired) electrons. The van der Waals surface area contributed by atoms with Gasteiger partial charge in [0.1, 0.15) is 6.61 Å². The van der Waals surface area contributed by atoms with Crippen molar-refractivity contribution in [3.05, 3.63) is 0 Å². The van der Waals surface area contributed by atoms with E-state index in [0.29, 0.717) is 12.5 Å². The highest BCUT2D eigenvalue weighted by atomic mass is 16.5. The van der Waals surface area contributed by atoms with Crippen LogP contribution in [0, 0.1) is 5.92 Å². The van der Waals surface area contributed by atoms with Crippen molar-refractivity contribution < 1.29 is 14.6 Å². The molecule has 0 bridgehead atoms. The van der Waals surface area contributed by atoms with Crippen molar-refractivity contribution in [2.24, 2.45) is 5.92 Å². The summed E-state index contributed by atoms with van der Waals surface area (Å²) in [5.74, 6) is 0.422. The quantitative estimate of drug-likeness (QED) is 0.709. The number of rotatable bonds is 5. The average Bonchev–Trinajstić information content (AvgIpc) is 2.25. The third-order valence-corrected chi connectivity index (χ3v) is 2.90. The normalized spacial score (nSPS) is 26.3. The van der Waals surface area contributed by atoms with Crippen LogP contribution in [0.1, 0.15) is 32.6 Å². The van der Waals surface area contributed by atoms with E-state index in [1.807, 2.05) is 0 Å². The van der Waals surface area contributed by atoms with E-state index in [1.165, 1.54) is 19.3 Å². The molecule has 0 aromatic carbocycles. The van der Waals surface area contributed by atoms with Crippen LogP contribution < -0.4 is 5.32 Å². The molecule has 1 rings (SSSR count). The fourth-order valence-electron chi connectivity index (χ4n) is 1.96. The summed E-state index contributed by atoms with van der Waals surface area (Å²) in [6, 6.07) is 0. The highest BCUT2D eigenvalue weighted by Gasteiger charge is 2.22. The molecule has 1 amide bonds. The fraction of sp³-hybridized carbons (Fsp3) is 0.909. The van der Waals surface area contributed by atoms with Crippen molar-refractivity contribution in [3.8, 4) is 0 Å². The molecule has 0 aromatic rings. The summed E-state index contributed by atoms with van der Waals surface area (Å²) in [5, 5.41) is 11.1. The van der Waals surface area contributed by atoms with Gasteiger partial charge in [0.2, 0.25) is 5.91 Å². The molecule has 1 aliphatic carbocycles. The summed E-state index contributed by atoms with van der Waals surface area (Å²) in [4.78, 5) is 11.2. The lowest BCUT2D eigenvalue weighted by Gasteiger charge is -2.28. The standard InChI is InChI=1S/C11H21NO3/c1-9-4-2-3-5-10(9)15-8-11(14)12-6-7-13/h9-10,13H,2-8H2,1H3,(H,12,14). The summed E-state index contributed by atoms with van der Waals surface area (Å²) in [7, 11) is 0. The number of carbonyl (C=O) groups excluding carboxylic acids is 1. The summed E-state index contributed by atoms with van der Waals surface area (Å²) >= 11 is 0. The Labute approximate surface area is 91.0 Å². The molecule has 0 saturated heterocycles. The molecule has 0 spiro atoms. The summed E-state index contributed by atoms with van der Waals surface area (Å²) < 4.78 is 5.56. The van der Waals surface area contributed by atoms with Gasteiger partial charge < -0.3 is 15.2 Å². The largest absolute Gasteiger partial charge is 0.395 e. The average molecular weight is 215 g/mol. The lowest BCUT2D eigenvalue weighted by Crippen LogP contribution is -2.34. The first-order valence-corrected chi connectivity index (χ1v) is 5.73. The molecular formula is C11H21NO3. The zero-order valence-electron chi connectivity index (χ0n) is 9.37. The number of amides is 1. The van der Waals surface area contributed by atoms with Gasteiger partial charge in [-0.1, -0.05) is 19.8 Å². The van der Waals surface area contributed by atoms with Crippen molar-refractivity contribution in [2.75, 3.05) is 19.8 Å². The highest BCUT2D eigenvalue weighted by Crippen LogP contribution is 2.25. The lowest BCUT2D eigenvalue weighted by atomic mass is 9.88. The summed E-state index contributed by atoms with van der Waals surface area (Å²) in [6.45, 7) is 2.58. The molecule has 0 heterocycles. The lowest BCUT2D eigenvalue weighted by molar-refractivity contribution is -0.129. The number of hydrogen-bond donors (Lipinski definition) is 2. The van der Waals surface area contributed by atoms with E-state index in [9.17, 15) is 4.79 Å². The van der Waals surface area contributed by atoms with Gasteiger partial charge in [-0.05, 0) is 18.8 Å². The Morgan fingerprint density at radius 1 is 1.47 bits per heavy atom. The predicted molar refractivity (Wildman–Crippen MR) is 57.5 cm³/mol. The Morgan fingerprint density at radius 3 is 2.87 bits per heavy atom. The molecule has 15 heavy (non-hydrogen) atoms. The minimum absolute atomic E-state index is 0.0223. The van der Waals surface area contributed by atoms with E-state index >= 15 is 0 Å². The third-order valence-electron chi connectivity index (χ3n) is 2.90. The van der Waals surface area contributed by atoms with Gasteiger partial charge in [-0.15, -0.1) is 0 Å². The molecule has 0 aromatic heterocycles. The van der Waals surface area contributed by atoms with Crippen molar-refractivity contribution in [1.82, 2.24) is 5.32 Å². The monoisotopic (exact) mass is 215 g/mol. The van der Waals surface area contributed by atoms with Gasteiger partial charge in [0.25, 0.3) is 0 Å². The minimum Gasteiger partial charge on any atom is -0.395 e. The topological polar surface area (TPSA) is 58.6 Å². The van der Waals surface area contributed by atoms with E-state index in [2.05, 4.69) is 12.2 Å². The van der Waals surface area contributed by atoms with Crippen LogP contribution in [0.3, 0.4) is 0 Å². The molecule has 4 heteroatoms. The zero-order valence-corrected chi connectivity index (χ0v) is 9.37. The number of ether oxygens (including phenoxy) is 1. The van der Waals surface area contributed by atoms with Crippen LogP contribution in [0.5, 0.6) is 0 Å². The molecule has 2 unspecified atom stereocenters. The van der Waals surface area contributed by atoms with E-state index in [-0.39, 0.29) is 25.2 Å². The highest BCUT2D eigenvalue weighted by molar-refractivity contribution is 5.77. The van der Waals surface area contributed by atoms with Gasteiger partial charge in [-0.2, -0.15) is 0 Å². The Balaban J connectivity index is 2.14. The zero-order chi connectivity index (χ0) is 11.1. The van der Waals surface area contributed by atoms with Gasteiger partial charge in [0.15, 0.2) is 0 Å². The smallest absolute Gasteiger partial charge is 0.246 e. The van der Waals surface area contributed by atoms with Crippen LogP contribution in [0.25, 0.3) is 0 Å². The van der Waals surface area contributed by atoms with Crippen LogP contribution >= 0.6 is 0 Å². The van der Waals surface area contributed by atoms with Crippen molar-refractivity contribution in [3.63, 3.8) is 0 Å². The number of nitrogens with one attached hydrogen (secondary N) is 1. The van der Waals surface area contributed by atoms with E-state index in [0.717, 1.165) is 6.42 Å². The second-order valence-electron chi connectivity index (χ2n) is 4.18. The molecule has 1 fully saturated rings. The van der Waals surface area contributed by atoms with Crippen LogP contribution in [-0.4, -0.2) is 36.9 Å². The molecule has 4 nitrogen and oxygen atoms in total. The van der Waals surface area contributed by atoms with E-state index in [1.54, 1.807) is 0 Å². The van der Waals surface area contributed by atoms with Crippen molar-refractivity contribution in [2.45, 2.75) is 38.7 Å². The van der Waals surface area contributed by atoms with Crippen molar-refractivity contribution >= 4 is 5.91 Å². The summed E-state index contributed by atoms with van der Waals surface area (Å²) in [5.41, 5.74) is 0. The van der Waals surface area contributed by atoms with Crippen LogP contribution in [0.15, 0.2) is 0 Å². The first-order valence-electron chi connectivity index (χ1n) is 5.73. The Morgan fingerprint density at radius 2 is 2.20 bits per heavy atom. The number of carbonyl (C=O) groups is 1. The maximum Gasteiger partial charge on any atom is 0.246 e. The Hall–Kier alpha value is -0.610. The number of hydrogen-bond acceptors (Lipinski definition) is 3.